The van der Waals surface area contributed by atoms with Crippen LogP contribution in [0.1, 0.15) is 56.1 Å². The van der Waals surface area contributed by atoms with Gasteiger partial charge in [0, 0.05) is 25.2 Å². The number of nitrogens with two attached hydrogens (primary N) is 1. The first kappa shape index (κ1) is 21.1. The maximum Gasteiger partial charge on any atom is 0.416 e. The molecule has 3 rings (SSSR count). The molecule has 1 amide bonds. The number of carbonyl (C=O) groups excluding carboxylic acids is 1. The molecule has 1 heterocycles. The number of hydrogen-bond acceptors (Lipinski definition) is 3. The molecule has 0 spiro atoms. The van der Waals surface area contributed by atoms with Gasteiger partial charge in [0.15, 0.2) is 0 Å². The number of rotatable bonds is 5. The Labute approximate surface area is 164 Å². The van der Waals surface area contributed by atoms with E-state index in [1.165, 1.54) is 12.1 Å². The van der Waals surface area contributed by atoms with Crippen LogP contribution in [0.15, 0.2) is 24.3 Å². The minimum Gasteiger partial charge on any atom is -0.381 e. The van der Waals surface area contributed by atoms with Gasteiger partial charge >= 0.3 is 6.18 Å². The Morgan fingerprint density at radius 1 is 1.21 bits per heavy atom. The fourth-order valence-electron chi connectivity index (χ4n) is 4.48. The zero-order chi connectivity index (χ0) is 20.2. The van der Waals surface area contributed by atoms with Crippen LogP contribution in [0.25, 0.3) is 0 Å². The Morgan fingerprint density at radius 3 is 2.54 bits per heavy atom. The van der Waals surface area contributed by atoms with E-state index < -0.39 is 23.2 Å². The highest BCUT2D eigenvalue weighted by atomic mass is 19.4. The van der Waals surface area contributed by atoms with Gasteiger partial charge in [-0.3, -0.25) is 4.79 Å². The molecule has 1 aromatic carbocycles. The highest BCUT2D eigenvalue weighted by molar-refractivity contribution is 5.82. The molecule has 7 heteroatoms. The van der Waals surface area contributed by atoms with Crippen LogP contribution in [0.5, 0.6) is 0 Å². The van der Waals surface area contributed by atoms with Gasteiger partial charge in [-0.15, -0.1) is 0 Å². The number of ether oxygens (including phenoxy) is 1. The van der Waals surface area contributed by atoms with Crippen molar-refractivity contribution in [1.29, 1.82) is 0 Å². The normalized spacial score (nSPS) is 21.9. The summed E-state index contributed by atoms with van der Waals surface area (Å²) in [5.74, 6) is -0.131. The fraction of sp³-hybridized carbons (Fsp3) is 0.667. The van der Waals surface area contributed by atoms with Crippen molar-refractivity contribution in [3.8, 4) is 0 Å². The highest BCUT2D eigenvalue weighted by Crippen LogP contribution is 2.41. The lowest BCUT2D eigenvalue weighted by Crippen LogP contribution is -2.51. The topological polar surface area (TPSA) is 64.4 Å². The Bertz CT molecular complexity index is 666. The maximum absolute atomic E-state index is 13.2. The Hall–Kier alpha value is -1.60. The predicted molar refractivity (Wildman–Crippen MR) is 101 cm³/mol. The number of hydrogen-bond donors (Lipinski definition) is 2. The molecule has 1 unspecified atom stereocenters. The molecule has 1 saturated heterocycles. The lowest BCUT2D eigenvalue weighted by molar-refractivity contribution is -0.137. The SMILES string of the molecule is NC(C(=O)NCC1(c2cccc(C(F)(F)F)c2)CCCCC1)C1CCOCC1. The molecule has 4 nitrogen and oxygen atoms in total. The first-order chi connectivity index (χ1) is 13.3. The van der Waals surface area contributed by atoms with Crippen molar-refractivity contribution in [2.45, 2.75) is 62.6 Å². The quantitative estimate of drug-likeness (QED) is 0.793. The Kier molecular flexibility index (Phi) is 6.65. The van der Waals surface area contributed by atoms with Crippen molar-refractivity contribution >= 4 is 5.91 Å². The van der Waals surface area contributed by atoms with Crippen molar-refractivity contribution in [3.05, 3.63) is 35.4 Å². The summed E-state index contributed by atoms with van der Waals surface area (Å²) in [6.07, 6.45) is 1.62. The van der Waals surface area contributed by atoms with E-state index in [1.807, 2.05) is 0 Å². The third-order valence-electron chi connectivity index (χ3n) is 6.29. The van der Waals surface area contributed by atoms with E-state index in [4.69, 9.17) is 10.5 Å². The minimum absolute atomic E-state index is 0.0876. The number of alkyl halides is 3. The fourth-order valence-corrected chi connectivity index (χ4v) is 4.48. The third kappa shape index (κ3) is 4.87. The summed E-state index contributed by atoms with van der Waals surface area (Å²) in [5.41, 5.74) is 5.70. The van der Waals surface area contributed by atoms with E-state index >= 15 is 0 Å². The number of nitrogens with one attached hydrogen (secondary N) is 1. The zero-order valence-corrected chi connectivity index (χ0v) is 16.1. The van der Waals surface area contributed by atoms with Crippen LogP contribution in [0, 0.1) is 5.92 Å². The first-order valence-electron chi connectivity index (χ1n) is 10.1. The smallest absolute Gasteiger partial charge is 0.381 e. The van der Waals surface area contributed by atoms with Crippen LogP contribution in [0.4, 0.5) is 13.2 Å². The highest BCUT2D eigenvalue weighted by Gasteiger charge is 2.38. The molecule has 0 aromatic heterocycles. The monoisotopic (exact) mass is 398 g/mol. The van der Waals surface area contributed by atoms with Crippen molar-refractivity contribution in [2.24, 2.45) is 11.7 Å². The van der Waals surface area contributed by atoms with Gasteiger partial charge < -0.3 is 15.8 Å². The standard InChI is InChI=1S/C21H29F3N2O2/c22-21(23,24)17-6-4-5-16(13-17)20(9-2-1-3-10-20)14-26-19(27)18(25)15-7-11-28-12-8-15/h4-6,13,15,18H,1-3,7-12,14,25H2,(H,26,27). The number of amides is 1. The average molecular weight is 398 g/mol. The molecular weight excluding hydrogens is 369 g/mol. The molecule has 1 saturated carbocycles. The lowest BCUT2D eigenvalue weighted by Gasteiger charge is -2.39. The van der Waals surface area contributed by atoms with Crippen molar-refractivity contribution in [3.63, 3.8) is 0 Å². The van der Waals surface area contributed by atoms with E-state index in [0.717, 1.165) is 51.0 Å². The zero-order valence-electron chi connectivity index (χ0n) is 16.1. The molecule has 156 valence electrons. The van der Waals surface area contributed by atoms with Crippen molar-refractivity contribution < 1.29 is 22.7 Å². The Morgan fingerprint density at radius 2 is 1.89 bits per heavy atom. The van der Waals surface area contributed by atoms with Crippen LogP contribution in [-0.2, 0) is 21.1 Å². The van der Waals surface area contributed by atoms with E-state index in [1.54, 1.807) is 6.07 Å². The summed E-state index contributed by atoms with van der Waals surface area (Å²) >= 11 is 0. The molecule has 2 aliphatic rings. The van der Waals surface area contributed by atoms with Gasteiger partial charge in [-0.25, -0.2) is 0 Å². The van der Waals surface area contributed by atoms with Crippen LogP contribution in [-0.4, -0.2) is 31.7 Å². The van der Waals surface area contributed by atoms with Crippen LogP contribution in [0.2, 0.25) is 0 Å². The number of halogens is 3. The molecule has 1 atom stereocenters. The molecule has 1 aliphatic heterocycles. The van der Waals surface area contributed by atoms with E-state index in [0.29, 0.717) is 25.3 Å². The van der Waals surface area contributed by atoms with Gasteiger partial charge in [-0.05, 0) is 43.2 Å². The van der Waals surface area contributed by atoms with E-state index in [-0.39, 0.29) is 11.8 Å². The molecule has 0 bridgehead atoms. The molecule has 28 heavy (non-hydrogen) atoms. The summed E-state index contributed by atoms with van der Waals surface area (Å²) in [6, 6.07) is 4.95. The predicted octanol–water partition coefficient (Wildman–Crippen LogP) is 3.78. The molecule has 1 aliphatic carbocycles. The van der Waals surface area contributed by atoms with Crippen molar-refractivity contribution in [2.75, 3.05) is 19.8 Å². The lowest BCUT2D eigenvalue weighted by atomic mass is 9.69. The van der Waals surface area contributed by atoms with Crippen LogP contribution in [0.3, 0.4) is 0 Å². The van der Waals surface area contributed by atoms with Gasteiger partial charge in [-0.2, -0.15) is 13.2 Å². The summed E-state index contributed by atoms with van der Waals surface area (Å²) < 4.78 is 44.9. The molecule has 0 radical (unpaired) electrons. The first-order valence-corrected chi connectivity index (χ1v) is 10.1. The van der Waals surface area contributed by atoms with E-state index in [9.17, 15) is 18.0 Å². The molecular formula is C21H29F3N2O2. The van der Waals surface area contributed by atoms with Crippen LogP contribution < -0.4 is 11.1 Å². The largest absolute Gasteiger partial charge is 0.416 e. The molecule has 2 fully saturated rings. The maximum atomic E-state index is 13.2. The summed E-state index contributed by atoms with van der Waals surface area (Å²) in [7, 11) is 0. The number of carbonyl (C=O) groups is 1. The van der Waals surface area contributed by atoms with Gasteiger partial charge in [0.1, 0.15) is 0 Å². The van der Waals surface area contributed by atoms with Gasteiger partial charge in [0.25, 0.3) is 0 Å². The van der Waals surface area contributed by atoms with Gasteiger partial charge in [0.2, 0.25) is 5.91 Å². The van der Waals surface area contributed by atoms with Crippen LogP contribution >= 0.6 is 0 Å². The second-order valence-electron chi connectivity index (χ2n) is 8.11. The van der Waals surface area contributed by atoms with E-state index in [2.05, 4.69) is 5.32 Å². The number of benzene rings is 1. The summed E-state index contributed by atoms with van der Waals surface area (Å²) in [6.45, 7) is 1.55. The Balaban J connectivity index is 1.74. The third-order valence-corrected chi connectivity index (χ3v) is 6.29. The van der Waals surface area contributed by atoms with Gasteiger partial charge in [0.05, 0.1) is 11.6 Å². The molecule has 1 aromatic rings. The minimum atomic E-state index is -4.37. The average Bonchev–Trinajstić information content (AvgIpc) is 2.72. The van der Waals surface area contributed by atoms with Gasteiger partial charge in [-0.1, -0.05) is 37.5 Å². The summed E-state index contributed by atoms with van der Waals surface area (Å²) in [5, 5.41) is 2.96. The molecule has 3 N–H and O–H groups in total. The van der Waals surface area contributed by atoms with Crippen molar-refractivity contribution in [1.82, 2.24) is 5.32 Å². The second kappa shape index (κ2) is 8.82. The summed E-state index contributed by atoms with van der Waals surface area (Å²) in [4.78, 5) is 12.6. The second-order valence-corrected chi connectivity index (χ2v) is 8.11.